The number of fused-ring (bicyclic) bond motifs is 2. The minimum atomic E-state index is -0.406. The quantitative estimate of drug-likeness (QED) is 0.721. The van der Waals surface area contributed by atoms with E-state index < -0.39 is 6.10 Å². The third-order valence-corrected chi connectivity index (χ3v) is 8.10. The normalized spacial score (nSPS) is 33.3. The van der Waals surface area contributed by atoms with Gasteiger partial charge in [-0.25, -0.2) is 0 Å². The number of β-amino-alcohol motifs (C(OH)–C–C–N with tert-alkyl or cyclic N) is 1. The number of ether oxygens (including phenoxy) is 1. The lowest BCUT2D eigenvalue weighted by atomic mass is 9.70. The van der Waals surface area contributed by atoms with Gasteiger partial charge in [-0.05, 0) is 53.7 Å². The summed E-state index contributed by atoms with van der Waals surface area (Å²) in [6.07, 6.45) is 3.77. The Labute approximate surface area is 181 Å². The van der Waals surface area contributed by atoms with Crippen LogP contribution in [0.2, 0.25) is 5.02 Å². The molecule has 1 aromatic rings. The standard InChI is InChI=1S/C24H37ClN2O2/c1-23(2)19-8-9-24(3,14-19)22(23)29-17-21(28)16-27-12-10-26(11-13-27)15-18-4-6-20(25)7-5-18/h4-7,19,21-22,28H,8-17H2,1-3H3/t19-,21-,22-,24+/m1/s1. The first kappa shape index (κ1) is 21.6. The van der Waals surface area contributed by atoms with Crippen molar-refractivity contribution < 1.29 is 9.84 Å². The highest BCUT2D eigenvalue weighted by molar-refractivity contribution is 6.30. The number of nitrogens with zero attached hydrogens (tertiary/aromatic N) is 2. The molecule has 0 radical (unpaired) electrons. The van der Waals surface area contributed by atoms with Crippen molar-refractivity contribution in [2.45, 2.75) is 58.8 Å². The zero-order valence-electron chi connectivity index (χ0n) is 18.2. The fourth-order valence-electron chi connectivity index (χ4n) is 6.21. The number of piperazine rings is 1. The number of hydrogen-bond donors (Lipinski definition) is 1. The molecule has 4 atom stereocenters. The molecule has 0 amide bonds. The molecule has 0 aromatic heterocycles. The van der Waals surface area contributed by atoms with Crippen LogP contribution in [0, 0.1) is 16.7 Å². The van der Waals surface area contributed by atoms with E-state index in [2.05, 4.69) is 42.7 Å². The highest BCUT2D eigenvalue weighted by atomic mass is 35.5. The summed E-state index contributed by atoms with van der Waals surface area (Å²) < 4.78 is 6.37. The predicted molar refractivity (Wildman–Crippen MR) is 118 cm³/mol. The Bertz CT molecular complexity index is 682. The van der Waals surface area contributed by atoms with Crippen LogP contribution < -0.4 is 0 Å². The van der Waals surface area contributed by atoms with Crippen molar-refractivity contribution >= 4 is 11.6 Å². The van der Waals surface area contributed by atoms with Crippen LogP contribution in [0.4, 0.5) is 0 Å². The molecule has 1 saturated heterocycles. The molecule has 4 rings (SSSR count). The number of halogens is 1. The van der Waals surface area contributed by atoms with Crippen molar-refractivity contribution in [1.29, 1.82) is 0 Å². The van der Waals surface area contributed by atoms with Crippen molar-refractivity contribution in [3.63, 3.8) is 0 Å². The minimum Gasteiger partial charge on any atom is -0.389 e. The first-order valence-electron chi connectivity index (χ1n) is 11.2. The van der Waals surface area contributed by atoms with Crippen LogP contribution in [0.1, 0.15) is 45.6 Å². The predicted octanol–water partition coefficient (Wildman–Crippen LogP) is 4.05. The monoisotopic (exact) mass is 420 g/mol. The molecule has 2 bridgehead atoms. The maximum atomic E-state index is 10.6. The van der Waals surface area contributed by atoms with Crippen molar-refractivity contribution in [2.24, 2.45) is 16.7 Å². The average Bonchev–Trinajstić information content (AvgIpc) is 3.16. The van der Waals surface area contributed by atoms with Crippen LogP contribution in [0.25, 0.3) is 0 Å². The molecular weight excluding hydrogens is 384 g/mol. The topological polar surface area (TPSA) is 35.9 Å². The fourth-order valence-corrected chi connectivity index (χ4v) is 6.33. The molecule has 4 nitrogen and oxygen atoms in total. The molecule has 1 aliphatic heterocycles. The molecule has 1 aromatic carbocycles. The largest absolute Gasteiger partial charge is 0.389 e. The highest BCUT2D eigenvalue weighted by Crippen LogP contribution is 2.63. The third-order valence-electron chi connectivity index (χ3n) is 7.85. The lowest BCUT2D eigenvalue weighted by Gasteiger charge is -2.43. The smallest absolute Gasteiger partial charge is 0.0900 e. The van der Waals surface area contributed by atoms with Gasteiger partial charge in [0.25, 0.3) is 0 Å². The van der Waals surface area contributed by atoms with Gasteiger partial charge in [-0.2, -0.15) is 0 Å². The summed E-state index contributed by atoms with van der Waals surface area (Å²) in [6, 6.07) is 8.13. The van der Waals surface area contributed by atoms with Gasteiger partial charge in [-0.1, -0.05) is 44.5 Å². The average molecular weight is 421 g/mol. The molecule has 162 valence electrons. The fraction of sp³-hybridized carbons (Fsp3) is 0.750. The van der Waals surface area contributed by atoms with Gasteiger partial charge in [0.2, 0.25) is 0 Å². The second-order valence-electron chi connectivity index (χ2n) is 10.5. The van der Waals surface area contributed by atoms with E-state index in [1.54, 1.807) is 0 Å². The van der Waals surface area contributed by atoms with E-state index in [0.29, 0.717) is 18.6 Å². The molecule has 3 fully saturated rings. The van der Waals surface area contributed by atoms with E-state index in [1.807, 2.05) is 12.1 Å². The first-order chi connectivity index (χ1) is 13.8. The van der Waals surface area contributed by atoms with Crippen LogP contribution in [-0.4, -0.2) is 66.4 Å². The molecule has 3 aliphatic rings. The van der Waals surface area contributed by atoms with Crippen LogP contribution in [0.5, 0.6) is 0 Å². The van der Waals surface area contributed by atoms with E-state index in [-0.39, 0.29) is 11.5 Å². The summed E-state index contributed by atoms with van der Waals surface area (Å²) in [5.74, 6) is 0.781. The van der Waals surface area contributed by atoms with Gasteiger partial charge in [0.1, 0.15) is 0 Å². The molecular formula is C24H37ClN2O2. The molecule has 1 N–H and O–H groups in total. The number of rotatable bonds is 7. The number of aliphatic hydroxyl groups is 1. The van der Waals surface area contributed by atoms with Crippen molar-refractivity contribution in [2.75, 3.05) is 39.3 Å². The Morgan fingerprint density at radius 2 is 1.76 bits per heavy atom. The van der Waals surface area contributed by atoms with Gasteiger partial charge >= 0.3 is 0 Å². The third kappa shape index (κ3) is 4.67. The van der Waals surface area contributed by atoms with E-state index in [9.17, 15) is 5.11 Å². The summed E-state index contributed by atoms with van der Waals surface area (Å²) >= 11 is 5.98. The molecule has 0 spiro atoms. The van der Waals surface area contributed by atoms with Gasteiger partial charge in [0, 0.05) is 44.3 Å². The minimum absolute atomic E-state index is 0.236. The Kier molecular flexibility index (Phi) is 6.30. The van der Waals surface area contributed by atoms with Gasteiger partial charge < -0.3 is 9.84 Å². The molecule has 2 saturated carbocycles. The maximum Gasteiger partial charge on any atom is 0.0900 e. The first-order valence-corrected chi connectivity index (χ1v) is 11.6. The summed E-state index contributed by atoms with van der Waals surface area (Å²) in [7, 11) is 0. The summed E-state index contributed by atoms with van der Waals surface area (Å²) in [5, 5.41) is 11.4. The van der Waals surface area contributed by atoms with E-state index in [0.717, 1.165) is 43.7 Å². The van der Waals surface area contributed by atoms with Gasteiger partial charge in [0.05, 0.1) is 18.8 Å². The number of aliphatic hydroxyl groups excluding tert-OH is 1. The van der Waals surface area contributed by atoms with Crippen LogP contribution in [-0.2, 0) is 11.3 Å². The molecule has 1 heterocycles. The van der Waals surface area contributed by atoms with Gasteiger partial charge in [0.15, 0.2) is 0 Å². The second-order valence-corrected chi connectivity index (χ2v) is 10.9. The lowest BCUT2D eigenvalue weighted by Crippen LogP contribution is -2.49. The summed E-state index contributed by atoms with van der Waals surface area (Å²) in [5.41, 5.74) is 1.85. The van der Waals surface area contributed by atoms with Crippen LogP contribution >= 0.6 is 11.6 Å². The Morgan fingerprint density at radius 1 is 1.10 bits per heavy atom. The SMILES string of the molecule is CC1(C)[C@@H]2CC[C@@](C)(C2)[C@@H]1OC[C@H](O)CN1CCN(Cc2ccc(Cl)cc2)CC1. The van der Waals surface area contributed by atoms with Crippen molar-refractivity contribution in [1.82, 2.24) is 9.80 Å². The van der Waals surface area contributed by atoms with Gasteiger partial charge in [-0.3, -0.25) is 9.80 Å². The summed E-state index contributed by atoms with van der Waals surface area (Å²) in [4.78, 5) is 4.85. The maximum absolute atomic E-state index is 10.6. The van der Waals surface area contributed by atoms with E-state index in [1.165, 1.54) is 24.8 Å². The Morgan fingerprint density at radius 3 is 2.38 bits per heavy atom. The van der Waals surface area contributed by atoms with Crippen LogP contribution in [0.15, 0.2) is 24.3 Å². The number of hydrogen-bond acceptors (Lipinski definition) is 4. The Hall–Kier alpha value is -0.650. The molecule has 5 heteroatoms. The van der Waals surface area contributed by atoms with Gasteiger partial charge in [-0.15, -0.1) is 0 Å². The number of benzene rings is 1. The lowest BCUT2D eigenvalue weighted by molar-refractivity contribution is -0.114. The zero-order chi connectivity index (χ0) is 20.6. The van der Waals surface area contributed by atoms with E-state index >= 15 is 0 Å². The molecule has 2 aliphatic carbocycles. The highest BCUT2D eigenvalue weighted by Gasteiger charge is 2.60. The van der Waals surface area contributed by atoms with Crippen molar-refractivity contribution in [3.05, 3.63) is 34.9 Å². The van der Waals surface area contributed by atoms with Crippen LogP contribution in [0.3, 0.4) is 0 Å². The summed E-state index contributed by atoms with van der Waals surface area (Å²) in [6.45, 7) is 13.3. The zero-order valence-corrected chi connectivity index (χ0v) is 19.0. The molecule has 0 unspecified atom stereocenters. The Balaban J connectivity index is 1.19. The molecule has 29 heavy (non-hydrogen) atoms. The van der Waals surface area contributed by atoms with Crippen molar-refractivity contribution in [3.8, 4) is 0 Å². The second kappa shape index (κ2) is 8.47. The van der Waals surface area contributed by atoms with E-state index in [4.69, 9.17) is 16.3 Å².